The molecule has 0 aliphatic carbocycles. The number of nitrogens with one attached hydrogen (secondary N) is 2. The number of methoxy groups -OCH3 is 1. The van der Waals surface area contributed by atoms with Crippen LogP contribution in [0, 0.1) is 5.82 Å². The smallest absolute Gasteiger partial charge is 0.258 e. The molecule has 0 radical (unpaired) electrons. The van der Waals surface area contributed by atoms with Crippen molar-refractivity contribution >= 4 is 74.3 Å². The van der Waals surface area contributed by atoms with Crippen molar-refractivity contribution in [1.29, 1.82) is 0 Å². The SMILES string of the molecule is COc1ccc(CN2C(=O)[C@](NP(=S)(c3ccccc3)c3ccccc3)(c3cc4cc(F)c(Cl)cc4[nH]3)c3cc(Cl)ccc32)cc1. The summed E-state index contributed by atoms with van der Waals surface area (Å²) in [5.41, 5.74) is 1.77. The van der Waals surface area contributed by atoms with Crippen molar-refractivity contribution in [1.82, 2.24) is 10.1 Å². The van der Waals surface area contributed by atoms with Gasteiger partial charge in [-0.25, -0.2) is 4.39 Å². The lowest BCUT2D eigenvalue weighted by molar-refractivity contribution is -0.122. The van der Waals surface area contributed by atoms with Crippen molar-refractivity contribution in [3.05, 3.63) is 154 Å². The minimum absolute atomic E-state index is 0.0241. The van der Waals surface area contributed by atoms with Crippen LogP contribution < -0.4 is 25.3 Å². The summed E-state index contributed by atoms with van der Waals surface area (Å²) in [7, 11) is 1.61. The van der Waals surface area contributed by atoms with Gasteiger partial charge in [0.05, 0.1) is 36.2 Å². The highest BCUT2D eigenvalue weighted by Crippen LogP contribution is 2.53. The number of benzene rings is 5. The second-order valence-corrected chi connectivity index (χ2v) is 16.0. The van der Waals surface area contributed by atoms with E-state index in [1.807, 2.05) is 97.1 Å². The molecular weight excluding hydrogens is 659 g/mol. The summed E-state index contributed by atoms with van der Waals surface area (Å²) in [4.78, 5) is 20.5. The topological polar surface area (TPSA) is 57.4 Å². The number of aromatic nitrogens is 1. The quantitative estimate of drug-likeness (QED) is 0.159. The fourth-order valence-corrected chi connectivity index (χ4v) is 10.1. The molecule has 0 unspecified atom stereocenters. The minimum atomic E-state index is -2.94. The number of halogens is 3. The molecule has 2 N–H and O–H groups in total. The van der Waals surface area contributed by atoms with Gasteiger partial charge in [-0.2, -0.15) is 0 Å². The maximum Gasteiger partial charge on any atom is 0.258 e. The Morgan fingerprint density at radius 1 is 0.891 bits per heavy atom. The molecule has 10 heteroatoms. The maximum atomic E-state index is 15.3. The predicted molar refractivity (Wildman–Crippen MR) is 189 cm³/mol. The highest BCUT2D eigenvalue weighted by atomic mass is 35.5. The summed E-state index contributed by atoms with van der Waals surface area (Å²) >= 11 is 19.6. The highest BCUT2D eigenvalue weighted by Gasteiger charge is 2.55. The number of amides is 1. The predicted octanol–water partition coefficient (Wildman–Crippen LogP) is 8.05. The van der Waals surface area contributed by atoms with Gasteiger partial charge in [0.15, 0.2) is 5.54 Å². The summed E-state index contributed by atoms with van der Waals surface area (Å²) in [5.74, 6) is -0.0855. The number of fused-ring (bicyclic) bond motifs is 2. The van der Waals surface area contributed by atoms with Crippen LogP contribution in [-0.2, 0) is 28.7 Å². The molecule has 0 spiro atoms. The van der Waals surface area contributed by atoms with Crippen LogP contribution in [0.4, 0.5) is 10.1 Å². The average Bonchev–Trinajstić information content (AvgIpc) is 3.58. The number of nitrogens with zero attached hydrogens (tertiary/aromatic N) is 1. The second-order valence-electron chi connectivity index (χ2n) is 11.1. The molecule has 2 heterocycles. The molecule has 5 nitrogen and oxygen atoms in total. The first-order valence-corrected chi connectivity index (χ1v) is 18.0. The van der Waals surface area contributed by atoms with Crippen LogP contribution in [-0.4, -0.2) is 18.0 Å². The van der Waals surface area contributed by atoms with Crippen LogP contribution in [0.2, 0.25) is 10.0 Å². The Labute approximate surface area is 281 Å². The van der Waals surface area contributed by atoms with E-state index in [9.17, 15) is 4.39 Å². The first-order valence-electron chi connectivity index (χ1n) is 14.5. The highest BCUT2D eigenvalue weighted by molar-refractivity contribution is 8.21. The van der Waals surface area contributed by atoms with Gasteiger partial charge in [0.1, 0.15) is 11.6 Å². The number of carbonyl (C=O) groups excluding carboxylic acids is 1. The number of carbonyl (C=O) groups is 1. The van der Waals surface area contributed by atoms with E-state index >= 15 is 4.79 Å². The third kappa shape index (κ3) is 5.13. The zero-order valence-corrected chi connectivity index (χ0v) is 27.7. The third-order valence-electron chi connectivity index (χ3n) is 8.35. The maximum absolute atomic E-state index is 15.3. The normalized spacial score (nSPS) is 16.2. The van der Waals surface area contributed by atoms with Gasteiger partial charge in [-0.3, -0.25) is 9.88 Å². The Morgan fingerprint density at radius 2 is 1.54 bits per heavy atom. The molecule has 0 saturated carbocycles. The summed E-state index contributed by atoms with van der Waals surface area (Å²) in [6, 6.07) is 37.3. The van der Waals surface area contributed by atoms with Crippen molar-refractivity contribution in [2.24, 2.45) is 0 Å². The van der Waals surface area contributed by atoms with E-state index in [0.29, 0.717) is 32.9 Å². The lowest BCUT2D eigenvalue weighted by atomic mass is 9.89. The summed E-state index contributed by atoms with van der Waals surface area (Å²) in [6.07, 6.45) is -2.94. The largest absolute Gasteiger partial charge is 0.497 e. The first kappa shape index (κ1) is 30.7. The van der Waals surface area contributed by atoms with Crippen LogP contribution in [0.25, 0.3) is 10.9 Å². The average molecular weight is 687 g/mol. The van der Waals surface area contributed by atoms with Crippen molar-refractivity contribution in [2.45, 2.75) is 12.1 Å². The number of anilines is 1. The monoisotopic (exact) mass is 685 g/mol. The van der Waals surface area contributed by atoms with Crippen LogP contribution in [0.1, 0.15) is 16.8 Å². The van der Waals surface area contributed by atoms with Gasteiger partial charge in [-0.15, -0.1) is 0 Å². The molecular formula is C36H27Cl2FN3O2PS. The summed E-state index contributed by atoms with van der Waals surface area (Å²) in [5, 5.41) is 6.57. The molecule has 1 atom stereocenters. The zero-order valence-electron chi connectivity index (χ0n) is 24.5. The van der Waals surface area contributed by atoms with E-state index in [1.165, 1.54) is 12.1 Å². The van der Waals surface area contributed by atoms with Crippen molar-refractivity contribution in [2.75, 3.05) is 12.0 Å². The van der Waals surface area contributed by atoms with E-state index in [2.05, 4.69) is 10.1 Å². The lowest BCUT2D eigenvalue weighted by Gasteiger charge is -2.36. The van der Waals surface area contributed by atoms with E-state index in [4.69, 9.17) is 39.7 Å². The number of ether oxygens (including phenoxy) is 1. The van der Waals surface area contributed by atoms with Gasteiger partial charge < -0.3 is 14.6 Å². The third-order valence-corrected chi connectivity index (χ3v) is 13.1. The molecule has 0 saturated heterocycles. The van der Waals surface area contributed by atoms with Gasteiger partial charge in [0.25, 0.3) is 5.91 Å². The molecule has 5 aromatic carbocycles. The van der Waals surface area contributed by atoms with Crippen LogP contribution in [0.3, 0.4) is 0 Å². The molecule has 1 amide bonds. The first-order chi connectivity index (χ1) is 22.2. The molecule has 1 aromatic heterocycles. The molecule has 1 aliphatic heterocycles. The van der Waals surface area contributed by atoms with Crippen LogP contribution >= 0.6 is 29.4 Å². The van der Waals surface area contributed by atoms with Crippen molar-refractivity contribution in [3.63, 3.8) is 0 Å². The second kappa shape index (κ2) is 12.0. The van der Waals surface area contributed by atoms with Crippen molar-refractivity contribution in [3.8, 4) is 5.75 Å². The van der Waals surface area contributed by atoms with Crippen LogP contribution in [0.15, 0.2) is 121 Å². The minimum Gasteiger partial charge on any atom is -0.497 e. The lowest BCUT2D eigenvalue weighted by Crippen LogP contribution is -2.52. The Bertz CT molecular complexity index is 2060. The molecule has 46 heavy (non-hydrogen) atoms. The molecule has 0 fully saturated rings. The molecule has 0 bridgehead atoms. The Morgan fingerprint density at radius 3 is 2.17 bits per heavy atom. The zero-order chi connectivity index (χ0) is 32.1. The number of aromatic amines is 1. The molecule has 1 aliphatic rings. The van der Waals surface area contributed by atoms with Crippen LogP contribution in [0.5, 0.6) is 5.75 Å². The Kier molecular flexibility index (Phi) is 8.00. The fourth-order valence-electron chi connectivity index (χ4n) is 6.09. The fraction of sp³-hybridized carbons (Fsp3) is 0.0833. The van der Waals surface area contributed by atoms with Crippen molar-refractivity contribution < 1.29 is 13.9 Å². The number of hydrogen-bond donors (Lipinski definition) is 2. The number of rotatable bonds is 8. The molecule has 6 aromatic rings. The van der Waals surface area contributed by atoms with E-state index in [1.54, 1.807) is 24.1 Å². The van der Waals surface area contributed by atoms with E-state index in [-0.39, 0.29) is 17.5 Å². The standard InChI is InChI=1S/C36H27Cl2FN3O2PS/c1-44-26-15-12-23(13-16-26)22-42-33-17-14-25(37)20-29(33)36(35(42)43,34-19-24-18-31(39)30(38)21-32(24)40-34)41-45(46,27-8-4-2-5-9-27)28-10-6-3-7-11-28/h2-21,40H,22H2,1H3,(H,41,46)/t36-/m1/s1. The summed E-state index contributed by atoms with van der Waals surface area (Å²) in [6.45, 7) is 0.279. The van der Waals surface area contributed by atoms with Gasteiger partial charge in [0.2, 0.25) is 0 Å². The van der Waals surface area contributed by atoms with Gasteiger partial charge in [0, 0.05) is 32.1 Å². The van der Waals surface area contributed by atoms with Gasteiger partial charge >= 0.3 is 0 Å². The van der Waals surface area contributed by atoms with Gasteiger partial charge in [-0.05, 0) is 54.1 Å². The summed E-state index contributed by atoms with van der Waals surface area (Å²) < 4.78 is 20.0. The molecule has 7 rings (SSSR count). The Hall–Kier alpha value is -3.97. The number of H-pyrrole nitrogens is 1. The van der Waals surface area contributed by atoms with E-state index in [0.717, 1.165) is 21.9 Å². The number of hydrogen-bond acceptors (Lipinski definition) is 3. The Balaban J connectivity index is 1.50. The molecule has 230 valence electrons. The van der Waals surface area contributed by atoms with E-state index < -0.39 is 17.5 Å². The van der Waals surface area contributed by atoms with Gasteiger partial charge in [-0.1, -0.05) is 108 Å².